The Labute approximate surface area is 155 Å². The number of hydrogen-bond donors (Lipinski definition) is 0. The predicted molar refractivity (Wildman–Crippen MR) is 104 cm³/mol. The number of carbonyl (C=O) groups is 1. The Hall–Kier alpha value is -2.49. The van der Waals surface area contributed by atoms with Crippen molar-refractivity contribution in [1.82, 2.24) is 0 Å². The molecule has 0 fully saturated rings. The molecule has 4 heteroatoms. The summed E-state index contributed by atoms with van der Waals surface area (Å²) in [6, 6.07) is 19.1. The Balaban J connectivity index is 2.48. The van der Waals surface area contributed by atoms with Crippen molar-refractivity contribution in [3.05, 3.63) is 81.9 Å². The van der Waals surface area contributed by atoms with Crippen LogP contribution in [0.25, 0.3) is 0 Å². The van der Waals surface area contributed by atoms with Crippen molar-refractivity contribution in [3.8, 4) is 0 Å². The Kier molecular flexibility index (Phi) is 7.52. The van der Waals surface area contributed by atoms with Crippen LogP contribution in [0.5, 0.6) is 0 Å². The summed E-state index contributed by atoms with van der Waals surface area (Å²) >= 11 is 0. The summed E-state index contributed by atoms with van der Waals surface area (Å²) in [6.45, 7) is 3.90. The molecule has 0 N–H and O–H groups in total. The van der Waals surface area contributed by atoms with E-state index in [4.69, 9.17) is 0 Å². The summed E-state index contributed by atoms with van der Waals surface area (Å²) in [6.07, 6.45) is 2.26. The molecule has 0 aliphatic rings. The Morgan fingerprint density at radius 2 is 1.58 bits per heavy atom. The van der Waals surface area contributed by atoms with Crippen LogP contribution in [0.3, 0.4) is 0 Å². The smallest absolute Gasteiger partial charge is 0.207 e. The van der Waals surface area contributed by atoms with E-state index in [2.05, 4.69) is 6.92 Å². The molecule has 4 nitrogen and oxygen atoms in total. The highest BCUT2D eigenvalue weighted by Gasteiger charge is 2.37. The molecule has 0 aliphatic heterocycles. The molecule has 2 rings (SSSR count). The highest BCUT2D eigenvalue weighted by Crippen LogP contribution is 2.37. The van der Waals surface area contributed by atoms with E-state index in [1.54, 1.807) is 0 Å². The molecule has 0 saturated heterocycles. The van der Waals surface area contributed by atoms with Crippen molar-refractivity contribution in [2.75, 3.05) is 6.54 Å². The number of benzene rings is 2. The van der Waals surface area contributed by atoms with Gasteiger partial charge in [0.25, 0.3) is 0 Å². The molecule has 3 atom stereocenters. The molecule has 0 aromatic heterocycles. The highest BCUT2D eigenvalue weighted by atomic mass is 16.6. The van der Waals surface area contributed by atoms with Gasteiger partial charge in [-0.15, -0.1) is 0 Å². The summed E-state index contributed by atoms with van der Waals surface area (Å²) < 4.78 is 0. The third-order valence-electron chi connectivity index (χ3n) is 5.01. The van der Waals surface area contributed by atoms with Gasteiger partial charge in [-0.1, -0.05) is 80.9 Å². The maximum absolute atomic E-state index is 13.4. The van der Waals surface area contributed by atoms with E-state index in [0.29, 0.717) is 12.0 Å². The van der Waals surface area contributed by atoms with E-state index in [1.165, 1.54) is 0 Å². The zero-order valence-electron chi connectivity index (χ0n) is 15.5. The minimum Gasteiger partial charge on any atom is -0.294 e. The lowest BCUT2D eigenvalue weighted by Gasteiger charge is -2.31. The van der Waals surface area contributed by atoms with Crippen LogP contribution in [0.1, 0.15) is 54.9 Å². The van der Waals surface area contributed by atoms with Gasteiger partial charge in [-0.2, -0.15) is 0 Å². The second-order valence-electron chi connectivity index (χ2n) is 6.75. The van der Waals surface area contributed by atoms with Crippen molar-refractivity contribution in [2.24, 2.45) is 11.8 Å². The standard InChI is InChI=1S/C22H27NO3/c1-3-11-19(16-23(25)26)21(22(24)18-14-9-6-10-15-18)20(4-2)17-12-7-5-8-13-17/h5-10,12-15,19-21H,3-4,11,16H2,1-2H3/t19-,20-,21-/m1/s1. The van der Waals surface area contributed by atoms with E-state index in [-0.39, 0.29) is 29.1 Å². The molecule has 0 bridgehead atoms. The van der Waals surface area contributed by atoms with Crippen molar-refractivity contribution < 1.29 is 9.72 Å². The van der Waals surface area contributed by atoms with Gasteiger partial charge >= 0.3 is 0 Å². The molecule has 0 spiro atoms. The van der Waals surface area contributed by atoms with Crippen LogP contribution >= 0.6 is 0 Å². The first-order chi connectivity index (χ1) is 12.6. The van der Waals surface area contributed by atoms with E-state index in [9.17, 15) is 14.9 Å². The number of hydrogen-bond acceptors (Lipinski definition) is 3. The Morgan fingerprint density at radius 3 is 2.08 bits per heavy atom. The number of carbonyl (C=O) groups excluding carboxylic acids is 1. The van der Waals surface area contributed by atoms with Gasteiger partial charge < -0.3 is 0 Å². The molecule has 0 unspecified atom stereocenters. The van der Waals surface area contributed by atoms with Gasteiger partial charge in [0.1, 0.15) is 0 Å². The third-order valence-corrected chi connectivity index (χ3v) is 5.01. The average Bonchev–Trinajstić information content (AvgIpc) is 2.66. The maximum atomic E-state index is 13.4. The number of Topliss-reactive ketones (excluding diaryl/α,β-unsaturated/α-hetero) is 1. The first-order valence-corrected chi connectivity index (χ1v) is 9.34. The number of nitro groups is 1. The van der Waals surface area contributed by atoms with E-state index in [0.717, 1.165) is 18.4 Å². The first kappa shape index (κ1) is 19.8. The summed E-state index contributed by atoms with van der Waals surface area (Å²) in [5.41, 5.74) is 1.71. The van der Waals surface area contributed by atoms with Gasteiger partial charge in [0.05, 0.1) is 0 Å². The van der Waals surface area contributed by atoms with Gasteiger partial charge in [0.2, 0.25) is 6.54 Å². The fourth-order valence-electron chi connectivity index (χ4n) is 3.86. The van der Waals surface area contributed by atoms with Gasteiger partial charge in [-0.3, -0.25) is 14.9 Å². The SMILES string of the molecule is CCC[C@H](C[N+](=O)[O-])[C@@H](C(=O)c1ccccc1)[C@H](CC)c1ccccc1. The Morgan fingerprint density at radius 1 is 1.00 bits per heavy atom. The molecule has 138 valence electrons. The van der Waals surface area contributed by atoms with E-state index >= 15 is 0 Å². The minimum absolute atomic E-state index is 0.0154. The second kappa shape index (κ2) is 9.85. The quantitative estimate of drug-likeness (QED) is 0.328. The topological polar surface area (TPSA) is 60.2 Å². The van der Waals surface area contributed by atoms with Crippen LogP contribution in [0.2, 0.25) is 0 Å². The molecule has 0 heterocycles. The lowest BCUT2D eigenvalue weighted by atomic mass is 9.71. The average molecular weight is 353 g/mol. The lowest BCUT2D eigenvalue weighted by molar-refractivity contribution is -0.489. The zero-order chi connectivity index (χ0) is 18.9. The molecule has 2 aromatic carbocycles. The van der Waals surface area contributed by atoms with Crippen molar-refractivity contribution in [3.63, 3.8) is 0 Å². The molecule has 0 aliphatic carbocycles. The predicted octanol–water partition coefficient (Wildman–Crippen LogP) is 5.37. The molecule has 26 heavy (non-hydrogen) atoms. The Bertz CT molecular complexity index is 700. The highest BCUT2D eigenvalue weighted by molar-refractivity contribution is 5.98. The summed E-state index contributed by atoms with van der Waals surface area (Å²) in [7, 11) is 0. The van der Waals surface area contributed by atoms with Gasteiger partial charge in [-0.25, -0.2) is 0 Å². The van der Waals surface area contributed by atoms with Crippen LogP contribution < -0.4 is 0 Å². The van der Waals surface area contributed by atoms with Crippen LogP contribution in [0.4, 0.5) is 0 Å². The van der Waals surface area contributed by atoms with Crippen LogP contribution in [0, 0.1) is 22.0 Å². The molecule has 0 radical (unpaired) electrons. The first-order valence-electron chi connectivity index (χ1n) is 9.34. The van der Waals surface area contributed by atoms with Crippen LogP contribution in [0.15, 0.2) is 60.7 Å². The van der Waals surface area contributed by atoms with Crippen molar-refractivity contribution >= 4 is 5.78 Å². The summed E-state index contributed by atoms with van der Waals surface area (Å²) in [4.78, 5) is 24.4. The minimum atomic E-state index is -0.393. The van der Waals surface area contributed by atoms with Crippen molar-refractivity contribution in [2.45, 2.75) is 39.0 Å². The fourth-order valence-corrected chi connectivity index (χ4v) is 3.86. The van der Waals surface area contributed by atoms with Crippen LogP contribution in [-0.2, 0) is 0 Å². The summed E-state index contributed by atoms with van der Waals surface area (Å²) in [5.74, 6) is -0.676. The summed E-state index contributed by atoms with van der Waals surface area (Å²) in [5, 5.41) is 11.3. The van der Waals surface area contributed by atoms with E-state index < -0.39 is 5.92 Å². The van der Waals surface area contributed by atoms with Crippen molar-refractivity contribution in [1.29, 1.82) is 0 Å². The zero-order valence-corrected chi connectivity index (χ0v) is 15.5. The fraction of sp³-hybridized carbons (Fsp3) is 0.409. The molecule has 2 aromatic rings. The molecular weight excluding hydrogens is 326 g/mol. The van der Waals surface area contributed by atoms with Crippen LogP contribution in [-0.4, -0.2) is 17.3 Å². The maximum Gasteiger partial charge on any atom is 0.207 e. The largest absolute Gasteiger partial charge is 0.294 e. The number of ketones is 1. The van der Waals surface area contributed by atoms with E-state index in [1.807, 2.05) is 67.6 Å². The normalized spacial score (nSPS) is 14.4. The molecular formula is C22H27NO3. The van der Waals surface area contributed by atoms with Gasteiger partial charge in [-0.05, 0) is 24.3 Å². The van der Waals surface area contributed by atoms with Gasteiger partial charge in [0.15, 0.2) is 5.78 Å². The number of rotatable bonds is 10. The second-order valence-corrected chi connectivity index (χ2v) is 6.75. The van der Waals surface area contributed by atoms with Gasteiger partial charge in [0, 0.05) is 22.3 Å². The monoisotopic (exact) mass is 353 g/mol. The molecule has 0 saturated carbocycles. The third kappa shape index (κ3) is 5.01. The number of nitrogens with zero attached hydrogens (tertiary/aromatic N) is 1. The molecule has 0 amide bonds. The lowest BCUT2D eigenvalue weighted by Crippen LogP contribution is -2.34.